The third kappa shape index (κ3) is 4.63. The van der Waals surface area contributed by atoms with Gasteiger partial charge in [-0.15, -0.1) is 11.3 Å². The van der Waals surface area contributed by atoms with Crippen LogP contribution in [0.25, 0.3) is 91.5 Å². The molecule has 0 bridgehead atoms. The van der Waals surface area contributed by atoms with Crippen LogP contribution in [-0.2, 0) is 0 Å². The number of fused-ring (bicyclic) bond motifs is 11. The van der Waals surface area contributed by atoms with E-state index in [9.17, 15) is 0 Å². The first-order valence-electron chi connectivity index (χ1n) is 19.0. The third-order valence-electron chi connectivity index (χ3n) is 11.4. The monoisotopic (exact) mass is 732 g/mol. The number of para-hydroxylation sites is 2. The molecule has 0 saturated heterocycles. The fourth-order valence-corrected chi connectivity index (χ4v) is 10.1. The van der Waals surface area contributed by atoms with Gasteiger partial charge >= 0.3 is 0 Å². The lowest BCUT2D eigenvalue weighted by Gasteiger charge is -2.27. The lowest BCUT2D eigenvalue weighted by atomic mass is 9.98. The van der Waals surface area contributed by atoms with E-state index < -0.39 is 0 Å². The molecule has 0 N–H and O–H groups in total. The molecule has 0 aliphatic rings. The number of rotatable bonds is 5. The summed E-state index contributed by atoms with van der Waals surface area (Å²) in [7, 11) is 0. The number of aromatic nitrogens is 1. The second-order valence-electron chi connectivity index (χ2n) is 14.5. The average molecular weight is 733 g/mol. The number of hydrogen-bond donors (Lipinski definition) is 0. The van der Waals surface area contributed by atoms with Gasteiger partial charge in [-0.25, -0.2) is 0 Å². The zero-order valence-corrected chi connectivity index (χ0v) is 31.0. The highest BCUT2D eigenvalue weighted by Crippen LogP contribution is 2.46. The molecule has 0 radical (unpaired) electrons. The molecule has 12 aromatic rings. The molecule has 3 heterocycles. The lowest BCUT2D eigenvalue weighted by molar-refractivity contribution is 0.673. The number of hydrogen-bond acceptors (Lipinski definition) is 3. The first-order chi connectivity index (χ1) is 27.8. The van der Waals surface area contributed by atoms with Crippen molar-refractivity contribution in [2.75, 3.05) is 4.90 Å². The van der Waals surface area contributed by atoms with Gasteiger partial charge in [0.1, 0.15) is 11.2 Å². The van der Waals surface area contributed by atoms with Gasteiger partial charge in [0.05, 0.1) is 21.4 Å². The van der Waals surface area contributed by atoms with Crippen LogP contribution >= 0.6 is 11.3 Å². The average Bonchev–Trinajstić information content (AvgIpc) is 3.95. The van der Waals surface area contributed by atoms with Crippen molar-refractivity contribution in [3.8, 4) is 16.8 Å². The molecule has 9 aromatic carbocycles. The molecule has 0 fully saturated rings. The maximum Gasteiger partial charge on any atom is 0.143 e. The van der Waals surface area contributed by atoms with E-state index in [1.165, 1.54) is 47.4 Å². The molecule has 0 spiro atoms. The maximum atomic E-state index is 6.56. The van der Waals surface area contributed by atoms with Crippen molar-refractivity contribution in [3.63, 3.8) is 0 Å². The summed E-state index contributed by atoms with van der Waals surface area (Å²) in [4.78, 5) is 2.43. The number of anilines is 3. The molecule has 12 rings (SSSR count). The molecule has 0 amide bonds. The van der Waals surface area contributed by atoms with Crippen LogP contribution in [0.4, 0.5) is 17.1 Å². The van der Waals surface area contributed by atoms with E-state index in [1.807, 2.05) is 11.3 Å². The summed E-state index contributed by atoms with van der Waals surface area (Å²) in [5.74, 6) is 0. The van der Waals surface area contributed by atoms with Crippen molar-refractivity contribution in [1.82, 2.24) is 4.57 Å². The van der Waals surface area contributed by atoms with E-state index in [-0.39, 0.29) is 0 Å². The summed E-state index contributed by atoms with van der Waals surface area (Å²) in [5, 5.41) is 9.67. The van der Waals surface area contributed by atoms with Gasteiger partial charge in [-0.05, 0) is 83.2 Å². The third-order valence-corrected chi connectivity index (χ3v) is 12.6. The zero-order chi connectivity index (χ0) is 36.7. The number of thiophene rings is 1. The Morgan fingerprint density at radius 2 is 1.14 bits per heavy atom. The molecule has 0 aliphatic heterocycles. The summed E-state index contributed by atoms with van der Waals surface area (Å²) in [6.45, 7) is 0. The first kappa shape index (κ1) is 31.2. The highest BCUT2D eigenvalue weighted by molar-refractivity contribution is 7.26. The second kappa shape index (κ2) is 12.2. The minimum Gasteiger partial charge on any atom is -0.455 e. The van der Waals surface area contributed by atoms with Gasteiger partial charge in [0, 0.05) is 59.5 Å². The number of nitrogens with zero attached hydrogens (tertiary/aromatic N) is 2. The summed E-state index contributed by atoms with van der Waals surface area (Å²) in [6, 6.07) is 70.2. The lowest BCUT2D eigenvalue weighted by Crippen LogP contribution is -2.10. The van der Waals surface area contributed by atoms with Crippen LogP contribution < -0.4 is 4.90 Å². The maximum absolute atomic E-state index is 6.56. The molecular formula is C52H32N2OS. The molecule has 3 nitrogen and oxygen atoms in total. The Bertz CT molecular complexity index is 3440. The van der Waals surface area contributed by atoms with E-state index in [0.29, 0.717) is 0 Å². The molecule has 56 heavy (non-hydrogen) atoms. The molecule has 262 valence electrons. The van der Waals surface area contributed by atoms with Gasteiger partial charge in [0.2, 0.25) is 0 Å². The van der Waals surface area contributed by atoms with Crippen LogP contribution in [0.1, 0.15) is 0 Å². The topological polar surface area (TPSA) is 21.3 Å². The smallest absolute Gasteiger partial charge is 0.143 e. The molecule has 4 heteroatoms. The van der Waals surface area contributed by atoms with Crippen LogP contribution in [-0.4, -0.2) is 4.57 Å². The van der Waals surface area contributed by atoms with Gasteiger partial charge in [-0.2, -0.15) is 0 Å². The normalized spacial score (nSPS) is 11.9. The van der Waals surface area contributed by atoms with E-state index in [1.54, 1.807) is 0 Å². The molecular weight excluding hydrogens is 701 g/mol. The summed E-state index contributed by atoms with van der Waals surface area (Å²) in [6.07, 6.45) is 0. The van der Waals surface area contributed by atoms with Crippen molar-refractivity contribution in [2.45, 2.75) is 0 Å². The predicted octanol–water partition coefficient (Wildman–Crippen LogP) is 15.3. The summed E-state index contributed by atoms with van der Waals surface area (Å²) >= 11 is 1.86. The van der Waals surface area contributed by atoms with E-state index in [0.717, 1.165) is 61.2 Å². The fraction of sp³-hybridized carbons (Fsp3) is 0. The molecule has 3 aromatic heterocycles. The highest BCUT2D eigenvalue weighted by Gasteiger charge is 2.21. The van der Waals surface area contributed by atoms with Gasteiger partial charge in [0.25, 0.3) is 0 Å². The van der Waals surface area contributed by atoms with Gasteiger partial charge in [-0.3, -0.25) is 0 Å². The van der Waals surface area contributed by atoms with Crippen molar-refractivity contribution < 1.29 is 4.42 Å². The Labute approximate surface area is 326 Å². The molecule has 0 unspecified atom stereocenters. The fourth-order valence-electron chi connectivity index (χ4n) is 8.89. The minimum absolute atomic E-state index is 0.901. The SMILES string of the molecule is c1cc(N(c2ccc(-c3cccc4oc5c6ccccc6ccc5c34)cc2)c2cccc3c2sc2ccccc23)cc(-n2c3ccccc3c3ccccc32)c1. The minimum atomic E-state index is 0.901. The van der Waals surface area contributed by atoms with Gasteiger partial charge < -0.3 is 13.9 Å². The van der Waals surface area contributed by atoms with Crippen LogP contribution in [0.3, 0.4) is 0 Å². The van der Waals surface area contributed by atoms with Crippen LogP contribution in [0, 0.1) is 0 Å². The van der Waals surface area contributed by atoms with E-state index in [4.69, 9.17) is 4.42 Å². The van der Waals surface area contributed by atoms with Crippen LogP contribution in [0.5, 0.6) is 0 Å². The first-order valence-corrected chi connectivity index (χ1v) is 19.8. The Morgan fingerprint density at radius 3 is 1.96 bits per heavy atom. The Balaban J connectivity index is 1.05. The number of furan rings is 1. The van der Waals surface area contributed by atoms with Gasteiger partial charge in [0.15, 0.2) is 0 Å². The summed E-state index contributed by atoms with van der Waals surface area (Å²) < 4.78 is 11.5. The van der Waals surface area contributed by atoms with Crippen molar-refractivity contribution >= 4 is 103 Å². The Kier molecular flexibility index (Phi) is 6.80. The molecule has 0 atom stereocenters. The van der Waals surface area contributed by atoms with Gasteiger partial charge in [-0.1, -0.05) is 127 Å². The van der Waals surface area contributed by atoms with E-state index in [2.05, 4.69) is 204 Å². The molecule has 0 aliphatic carbocycles. The standard InChI is InChI=1S/C52H32N2OS/c1-2-15-39-33(12-1)28-31-44-50-38(19-11-24-48(50)55-51(39)44)34-26-29-35(30-27-34)53(47-23-10-20-43-42-18-5-8-25-49(42)56-52(43)47)36-13-9-14-37(32-36)54-45-21-6-3-16-40(45)41-17-4-7-22-46(41)54/h1-32H. The van der Waals surface area contributed by atoms with Crippen LogP contribution in [0.15, 0.2) is 199 Å². The van der Waals surface area contributed by atoms with Crippen molar-refractivity contribution in [1.29, 1.82) is 0 Å². The predicted molar refractivity (Wildman–Crippen MR) is 239 cm³/mol. The number of benzene rings is 9. The quantitative estimate of drug-likeness (QED) is 0.176. The van der Waals surface area contributed by atoms with Crippen LogP contribution in [0.2, 0.25) is 0 Å². The van der Waals surface area contributed by atoms with Crippen molar-refractivity contribution in [3.05, 3.63) is 194 Å². The van der Waals surface area contributed by atoms with E-state index >= 15 is 0 Å². The Hall–Kier alpha value is -7.14. The Morgan fingerprint density at radius 1 is 0.464 bits per heavy atom. The zero-order valence-electron chi connectivity index (χ0n) is 30.2. The highest BCUT2D eigenvalue weighted by atomic mass is 32.1. The summed E-state index contributed by atoms with van der Waals surface area (Å²) in [5.41, 5.74) is 11.0. The molecule has 0 saturated carbocycles. The second-order valence-corrected chi connectivity index (χ2v) is 15.5. The van der Waals surface area contributed by atoms with Crippen molar-refractivity contribution in [2.24, 2.45) is 0 Å². The largest absolute Gasteiger partial charge is 0.455 e.